The molecule has 3 unspecified atom stereocenters. The van der Waals surface area contributed by atoms with Gasteiger partial charge in [-0.3, -0.25) is 0 Å². The molecule has 0 heterocycles. The molecule has 0 aromatic carbocycles. The number of hydrogen-bond acceptors (Lipinski definition) is 0. The molecule has 62 valence electrons. The first-order valence-corrected chi connectivity index (χ1v) is 4.29. The third-order valence-corrected chi connectivity index (χ3v) is 1.83. The molecule has 0 radical (unpaired) electrons. The first-order valence-electron chi connectivity index (χ1n) is 5.45. The van der Waals surface area contributed by atoms with Crippen LogP contribution in [0.2, 0.25) is 0 Å². The van der Waals surface area contributed by atoms with Crippen LogP contribution in [0.25, 0.3) is 0 Å². The molecule has 0 amide bonds. The predicted molar refractivity (Wildman–Crippen MR) is 48.1 cm³/mol. The largest absolute Gasteiger partial charge is 0.0651 e. The fourth-order valence-electron chi connectivity index (χ4n) is 0.859. The summed E-state index contributed by atoms with van der Waals surface area (Å²) in [4.78, 5) is 0. The molecule has 3 atom stereocenters. The second-order valence-corrected chi connectivity index (χ2v) is 3.37. The Morgan fingerprint density at radius 1 is 1.30 bits per heavy atom. The van der Waals surface area contributed by atoms with Crippen molar-refractivity contribution in [2.45, 2.75) is 53.3 Å². The molecule has 0 aliphatic heterocycles. The molecule has 0 N–H and O–H groups in total. The van der Waals surface area contributed by atoms with Gasteiger partial charge in [-0.2, -0.15) is 0 Å². The molecule has 0 rings (SSSR count). The summed E-state index contributed by atoms with van der Waals surface area (Å²) in [7, 11) is 0. The smallest absolute Gasteiger partial charge is 0.0269 e. The standard InChI is InChI=1S/C10H22/c1-5-10(4)8-6-7-9(2)3/h9-10H,5-8H2,1-4H3/i5D,7D. The molecule has 0 nitrogen and oxygen atoms in total. The van der Waals surface area contributed by atoms with Gasteiger partial charge in [-0.05, 0) is 11.8 Å². The summed E-state index contributed by atoms with van der Waals surface area (Å²) in [6.07, 6.45) is 2.05. The van der Waals surface area contributed by atoms with Gasteiger partial charge < -0.3 is 0 Å². The first-order chi connectivity index (χ1) is 5.45. The van der Waals surface area contributed by atoms with Crippen LogP contribution >= 0.6 is 0 Å². The van der Waals surface area contributed by atoms with Crippen molar-refractivity contribution in [2.75, 3.05) is 0 Å². The van der Waals surface area contributed by atoms with Crippen LogP contribution in [-0.2, 0) is 0 Å². The van der Waals surface area contributed by atoms with Gasteiger partial charge in [0.15, 0.2) is 0 Å². The van der Waals surface area contributed by atoms with Crippen LogP contribution in [0.1, 0.15) is 56.1 Å². The number of hydrogen-bond donors (Lipinski definition) is 0. The third kappa shape index (κ3) is 6.12. The van der Waals surface area contributed by atoms with Gasteiger partial charge in [-0.1, -0.05) is 53.3 Å². The van der Waals surface area contributed by atoms with Crippen LogP contribution in [0.3, 0.4) is 0 Å². The van der Waals surface area contributed by atoms with E-state index in [-0.39, 0.29) is 12.8 Å². The van der Waals surface area contributed by atoms with Crippen molar-refractivity contribution >= 4 is 0 Å². The highest BCUT2D eigenvalue weighted by molar-refractivity contribution is 4.52. The van der Waals surface area contributed by atoms with Crippen molar-refractivity contribution in [3.05, 3.63) is 0 Å². The molecule has 0 aliphatic carbocycles. The van der Waals surface area contributed by atoms with E-state index in [4.69, 9.17) is 2.74 Å². The van der Waals surface area contributed by atoms with Gasteiger partial charge in [0.25, 0.3) is 0 Å². The van der Waals surface area contributed by atoms with Gasteiger partial charge in [0.1, 0.15) is 0 Å². The Bertz CT molecular complexity index is 96.4. The molecule has 0 bridgehead atoms. The number of rotatable bonds is 5. The summed E-state index contributed by atoms with van der Waals surface area (Å²) < 4.78 is 15.2. The molecule has 0 aromatic heterocycles. The fraction of sp³-hybridized carbons (Fsp3) is 1.00. The minimum Gasteiger partial charge on any atom is -0.0651 e. The quantitative estimate of drug-likeness (QED) is 0.549. The zero-order valence-corrected chi connectivity index (χ0v) is 7.72. The summed E-state index contributed by atoms with van der Waals surface area (Å²) >= 11 is 0. The predicted octanol–water partition coefficient (Wildman–Crippen LogP) is 3.86. The van der Waals surface area contributed by atoms with E-state index in [0.717, 1.165) is 12.8 Å². The summed E-state index contributed by atoms with van der Waals surface area (Å²) in [6.45, 7) is 8.21. The van der Waals surface area contributed by atoms with Gasteiger partial charge in [-0.15, -0.1) is 0 Å². The van der Waals surface area contributed by atoms with Crippen molar-refractivity contribution in [3.8, 4) is 0 Å². The van der Waals surface area contributed by atoms with Crippen molar-refractivity contribution in [2.24, 2.45) is 11.8 Å². The molecule has 0 saturated carbocycles. The van der Waals surface area contributed by atoms with Gasteiger partial charge in [0.2, 0.25) is 0 Å². The van der Waals surface area contributed by atoms with E-state index in [1.165, 1.54) is 0 Å². The van der Waals surface area contributed by atoms with E-state index in [1.807, 2.05) is 6.92 Å². The Morgan fingerprint density at radius 2 is 1.90 bits per heavy atom. The minimum absolute atomic E-state index is 0.0179. The van der Waals surface area contributed by atoms with Crippen LogP contribution in [0.5, 0.6) is 0 Å². The van der Waals surface area contributed by atoms with E-state index in [0.29, 0.717) is 11.8 Å². The normalized spacial score (nSPS) is 23.3. The zero-order chi connectivity index (χ0) is 9.72. The maximum absolute atomic E-state index is 7.70. The molecule has 0 fully saturated rings. The molecular formula is C10H22. The fourth-order valence-corrected chi connectivity index (χ4v) is 0.859. The molecule has 0 spiro atoms. The van der Waals surface area contributed by atoms with Gasteiger partial charge in [-0.25, -0.2) is 0 Å². The molecule has 0 saturated heterocycles. The lowest BCUT2D eigenvalue weighted by molar-refractivity contribution is 0.449. The lowest BCUT2D eigenvalue weighted by Crippen LogP contribution is -1.94. The summed E-state index contributed by atoms with van der Waals surface area (Å²) in [5.74, 6) is 0.898. The average Bonchev–Trinajstić information content (AvgIpc) is 1.98. The SMILES string of the molecule is [2H]C(C)C(C)CCC([2H])C(C)C. The first kappa shape index (κ1) is 6.69. The molecule has 0 aromatic rings. The van der Waals surface area contributed by atoms with Gasteiger partial charge in [0, 0.05) is 2.74 Å². The summed E-state index contributed by atoms with van der Waals surface area (Å²) in [5.41, 5.74) is 0. The second-order valence-electron chi connectivity index (χ2n) is 3.37. The monoisotopic (exact) mass is 144 g/mol. The summed E-state index contributed by atoms with van der Waals surface area (Å²) in [6, 6.07) is 0. The maximum Gasteiger partial charge on any atom is 0.0269 e. The van der Waals surface area contributed by atoms with E-state index < -0.39 is 0 Å². The van der Waals surface area contributed by atoms with E-state index in [1.54, 1.807) is 0 Å². The second kappa shape index (κ2) is 5.76. The topological polar surface area (TPSA) is 0 Å². The molecule has 0 aliphatic rings. The lowest BCUT2D eigenvalue weighted by atomic mass is 9.98. The van der Waals surface area contributed by atoms with Crippen LogP contribution in [0.4, 0.5) is 0 Å². The van der Waals surface area contributed by atoms with Crippen LogP contribution in [-0.4, -0.2) is 0 Å². The Hall–Kier alpha value is 0. The van der Waals surface area contributed by atoms with Crippen molar-refractivity contribution < 1.29 is 2.74 Å². The molecular weight excluding hydrogens is 120 g/mol. The molecule has 0 heteroatoms. The summed E-state index contributed by atoms with van der Waals surface area (Å²) in [5, 5.41) is 0. The average molecular weight is 144 g/mol. The van der Waals surface area contributed by atoms with Crippen molar-refractivity contribution in [3.63, 3.8) is 0 Å². The molecule has 10 heavy (non-hydrogen) atoms. The minimum atomic E-state index is 0.0179. The Labute approximate surface area is 68.8 Å². The lowest BCUT2D eigenvalue weighted by Gasteiger charge is -2.08. The van der Waals surface area contributed by atoms with E-state index in [9.17, 15) is 0 Å². The van der Waals surface area contributed by atoms with Gasteiger partial charge >= 0.3 is 0 Å². The Kier molecular flexibility index (Phi) is 3.86. The van der Waals surface area contributed by atoms with E-state index in [2.05, 4.69) is 20.8 Å². The van der Waals surface area contributed by atoms with Crippen LogP contribution < -0.4 is 0 Å². The highest BCUT2D eigenvalue weighted by Crippen LogP contribution is 2.14. The zero-order valence-electron chi connectivity index (χ0n) is 9.72. The third-order valence-electron chi connectivity index (χ3n) is 1.83. The Balaban J connectivity index is 3.54. The Morgan fingerprint density at radius 3 is 2.30 bits per heavy atom. The van der Waals surface area contributed by atoms with Crippen LogP contribution in [0.15, 0.2) is 0 Å². The maximum atomic E-state index is 7.70. The van der Waals surface area contributed by atoms with Crippen molar-refractivity contribution in [1.29, 1.82) is 0 Å². The van der Waals surface area contributed by atoms with Crippen molar-refractivity contribution in [1.82, 2.24) is 0 Å². The van der Waals surface area contributed by atoms with E-state index >= 15 is 0 Å². The van der Waals surface area contributed by atoms with Crippen LogP contribution in [0, 0.1) is 11.8 Å². The highest BCUT2D eigenvalue weighted by Gasteiger charge is 1.99. The highest BCUT2D eigenvalue weighted by atomic mass is 14.0. The van der Waals surface area contributed by atoms with Gasteiger partial charge in [0.05, 0.1) is 0 Å².